The van der Waals surface area contributed by atoms with Gasteiger partial charge in [0.2, 0.25) is 0 Å². The summed E-state index contributed by atoms with van der Waals surface area (Å²) in [7, 11) is 2.21. The van der Waals surface area contributed by atoms with E-state index in [4.69, 9.17) is 0 Å². The van der Waals surface area contributed by atoms with Crippen LogP contribution in [0.1, 0.15) is 18.9 Å². The molecular weight excluding hydrogens is 276 g/mol. The monoisotopic (exact) mass is 296 g/mol. The van der Waals surface area contributed by atoms with Gasteiger partial charge in [-0.15, -0.1) is 0 Å². The van der Waals surface area contributed by atoms with Crippen LogP contribution in [0.15, 0.2) is 28.7 Å². The highest BCUT2D eigenvalue weighted by molar-refractivity contribution is 9.10. The molecule has 0 aliphatic carbocycles. The Morgan fingerprint density at radius 1 is 1.35 bits per heavy atom. The zero-order chi connectivity index (χ0) is 12.3. The quantitative estimate of drug-likeness (QED) is 0.919. The fourth-order valence-corrected chi connectivity index (χ4v) is 2.88. The lowest BCUT2D eigenvalue weighted by Crippen LogP contribution is -2.34. The van der Waals surface area contributed by atoms with Crippen molar-refractivity contribution in [1.29, 1.82) is 0 Å². The molecule has 1 aliphatic rings. The number of hydrogen-bond acceptors (Lipinski definition) is 2. The van der Waals surface area contributed by atoms with E-state index in [1.54, 1.807) is 0 Å². The average Bonchev–Trinajstić information content (AvgIpc) is 2.68. The molecule has 1 unspecified atom stereocenters. The van der Waals surface area contributed by atoms with Gasteiger partial charge >= 0.3 is 0 Å². The number of hydrogen-bond donors (Lipinski definition) is 1. The fraction of sp³-hybridized carbons (Fsp3) is 0.571. The first-order valence-corrected chi connectivity index (χ1v) is 7.00. The van der Waals surface area contributed by atoms with Gasteiger partial charge in [0.25, 0.3) is 0 Å². The van der Waals surface area contributed by atoms with Crippen molar-refractivity contribution in [2.45, 2.75) is 19.9 Å². The minimum Gasteiger partial charge on any atom is -0.316 e. The molecule has 1 fully saturated rings. The molecule has 0 spiro atoms. The molecule has 2 rings (SSSR count). The molecule has 0 amide bonds. The molecule has 3 heteroatoms. The van der Waals surface area contributed by atoms with Crippen molar-refractivity contribution in [2.24, 2.45) is 5.41 Å². The van der Waals surface area contributed by atoms with E-state index in [2.05, 4.69) is 64.4 Å². The minimum atomic E-state index is 0.449. The zero-order valence-electron chi connectivity index (χ0n) is 10.7. The maximum absolute atomic E-state index is 3.47. The molecule has 1 aromatic rings. The summed E-state index contributed by atoms with van der Waals surface area (Å²) in [6.45, 7) is 6.89. The summed E-state index contributed by atoms with van der Waals surface area (Å²) in [6.07, 6.45) is 1.29. The lowest BCUT2D eigenvalue weighted by atomic mass is 9.89. The maximum Gasteiger partial charge on any atom is 0.0230 e. The normalized spacial score (nSPS) is 24.5. The van der Waals surface area contributed by atoms with Gasteiger partial charge in [-0.05, 0) is 43.1 Å². The summed E-state index contributed by atoms with van der Waals surface area (Å²) >= 11 is 3.47. The largest absolute Gasteiger partial charge is 0.316 e. The van der Waals surface area contributed by atoms with Crippen LogP contribution in [0.3, 0.4) is 0 Å². The lowest BCUT2D eigenvalue weighted by Gasteiger charge is -2.29. The Balaban J connectivity index is 1.88. The Morgan fingerprint density at radius 2 is 2.06 bits per heavy atom. The van der Waals surface area contributed by atoms with Gasteiger partial charge in [0.15, 0.2) is 0 Å². The number of benzene rings is 1. The van der Waals surface area contributed by atoms with E-state index in [1.165, 1.54) is 18.5 Å². The zero-order valence-corrected chi connectivity index (χ0v) is 12.3. The highest BCUT2D eigenvalue weighted by Crippen LogP contribution is 2.25. The predicted molar refractivity (Wildman–Crippen MR) is 76.1 cm³/mol. The van der Waals surface area contributed by atoms with Crippen LogP contribution in [0, 0.1) is 5.41 Å². The lowest BCUT2D eigenvalue weighted by molar-refractivity contribution is 0.203. The van der Waals surface area contributed by atoms with Crippen molar-refractivity contribution >= 4 is 15.9 Å². The second-order valence-corrected chi connectivity index (χ2v) is 6.45. The van der Waals surface area contributed by atoms with E-state index in [-0.39, 0.29) is 0 Å². The standard InChI is InChI=1S/C14H21BrN2/c1-14(7-8-16-10-14)11-17(2)9-12-3-5-13(15)6-4-12/h3-6,16H,7-11H2,1-2H3. The average molecular weight is 297 g/mol. The molecule has 1 saturated heterocycles. The van der Waals surface area contributed by atoms with Crippen LogP contribution < -0.4 is 5.32 Å². The Morgan fingerprint density at radius 3 is 2.65 bits per heavy atom. The molecular formula is C14H21BrN2. The Bertz CT molecular complexity index is 355. The van der Waals surface area contributed by atoms with Crippen molar-refractivity contribution in [3.63, 3.8) is 0 Å². The van der Waals surface area contributed by atoms with Gasteiger partial charge in [-0.1, -0.05) is 35.0 Å². The van der Waals surface area contributed by atoms with Crippen LogP contribution in [-0.4, -0.2) is 31.6 Å². The van der Waals surface area contributed by atoms with Gasteiger partial charge in [-0.3, -0.25) is 0 Å². The highest BCUT2D eigenvalue weighted by Gasteiger charge is 2.29. The Hall–Kier alpha value is -0.380. The van der Waals surface area contributed by atoms with Crippen LogP contribution in [0.5, 0.6) is 0 Å². The molecule has 1 N–H and O–H groups in total. The van der Waals surface area contributed by atoms with Crippen molar-refractivity contribution in [2.75, 3.05) is 26.7 Å². The molecule has 1 heterocycles. The van der Waals surface area contributed by atoms with Crippen molar-refractivity contribution in [1.82, 2.24) is 10.2 Å². The molecule has 17 heavy (non-hydrogen) atoms. The van der Waals surface area contributed by atoms with E-state index < -0.39 is 0 Å². The van der Waals surface area contributed by atoms with Crippen LogP contribution in [-0.2, 0) is 6.54 Å². The van der Waals surface area contributed by atoms with Crippen molar-refractivity contribution in [3.8, 4) is 0 Å². The van der Waals surface area contributed by atoms with Gasteiger partial charge < -0.3 is 10.2 Å². The summed E-state index contributed by atoms with van der Waals surface area (Å²) in [5.74, 6) is 0. The third kappa shape index (κ3) is 3.80. The second kappa shape index (κ2) is 5.51. The highest BCUT2D eigenvalue weighted by atomic mass is 79.9. The van der Waals surface area contributed by atoms with Gasteiger partial charge in [0, 0.05) is 24.1 Å². The fourth-order valence-electron chi connectivity index (χ4n) is 2.61. The van der Waals surface area contributed by atoms with Crippen LogP contribution in [0.4, 0.5) is 0 Å². The smallest absolute Gasteiger partial charge is 0.0230 e. The molecule has 1 aromatic carbocycles. The summed E-state index contributed by atoms with van der Waals surface area (Å²) < 4.78 is 1.15. The van der Waals surface area contributed by atoms with E-state index in [9.17, 15) is 0 Å². The molecule has 0 aromatic heterocycles. The summed E-state index contributed by atoms with van der Waals surface area (Å²) in [5.41, 5.74) is 1.83. The molecule has 1 aliphatic heterocycles. The molecule has 0 saturated carbocycles. The van der Waals surface area contributed by atoms with Gasteiger partial charge in [-0.2, -0.15) is 0 Å². The first-order chi connectivity index (χ1) is 8.07. The van der Waals surface area contributed by atoms with E-state index in [0.29, 0.717) is 5.41 Å². The van der Waals surface area contributed by atoms with Gasteiger partial charge in [0.05, 0.1) is 0 Å². The van der Waals surface area contributed by atoms with Crippen LogP contribution >= 0.6 is 15.9 Å². The van der Waals surface area contributed by atoms with E-state index >= 15 is 0 Å². The topological polar surface area (TPSA) is 15.3 Å². The minimum absolute atomic E-state index is 0.449. The predicted octanol–water partition coefficient (Wildman–Crippen LogP) is 2.88. The summed E-state index contributed by atoms with van der Waals surface area (Å²) in [6, 6.07) is 8.61. The Kier molecular flexibility index (Phi) is 4.23. The third-order valence-electron chi connectivity index (χ3n) is 3.47. The number of rotatable bonds is 4. The SMILES string of the molecule is CN(Cc1ccc(Br)cc1)CC1(C)CCNC1. The molecule has 0 bridgehead atoms. The van der Waals surface area contributed by atoms with Gasteiger partial charge in [-0.25, -0.2) is 0 Å². The second-order valence-electron chi connectivity index (χ2n) is 5.54. The maximum atomic E-state index is 3.47. The molecule has 94 valence electrons. The van der Waals surface area contributed by atoms with Crippen molar-refractivity contribution in [3.05, 3.63) is 34.3 Å². The third-order valence-corrected chi connectivity index (χ3v) is 4.00. The van der Waals surface area contributed by atoms with Crippen LogP contribution in [0.2, 0.25) is 0 Å². The first-order valence-electron chi connectivity index (χ1n) is 6.21. The van der Waals surface area contributed by atoms with Gasteiger partial charge in [0.1, 0.15) is 0 Å². The number of nitrogens with zero attached hydrogens (tertiary/aromatic N) is 1. The summed E-state index contributed by atoms with van der Waals surface area (Å²) in [4.78, 5) is 2.43. The first kappa shape index (κ1) is 13.1. The van der Waals surface area contributed by atoms with Crippen LogP contribution in [0.25, 0.3) is 0 Å². The molecule has 1 atom stereocenters. The Labute approximate surface area is 113 Å². The van der Waals surface area contributed by atoms with E-state index in [1.807, 2.05) is 0 Å². The summed E-state index contributed by atoms with van der Waals surface area (Å²) in [5, 5.41) is 3.46. The number of halogens is 1. The van der Waals surface area contributed by atoms with E-state index in [0.717, 1.165) is 24.1 Å². The van der Waals surface area contributed by atoms with Crippen molar-refractivity contribution < 1.29 is 0 Å². The molecule has 0 radical (unpaired) electrons. The number of nitrogens with one attached hydrogen (secondary N) is 1. The molecule has 2 nitrogen and oxygen atoms in total.